The van der Waals surface area contributed by atoms with Crippen LogP contribution in [0, 0.1) is 0 Å². The Morgan fingerprint density at radius 2 is 1.70 bits per heavy atom. The monoisotopic (exact) mass is 166 g/mol. The highest BCUT2D eigenvalue weighted by Gasteiger charge is 2.19. The molecule has 1 aliphatic rings. The molecule has 62 valence electrons. The average molecular weight is 167 g/mol. The van der Waals surface area contributed by atoms with Crippen molar-refractivity contribution in [2.45, 2.75) is 6.10 Å². The number of alkyl halides is 1. The van der Waals surface area contributed by atoms with Crippen LogP contribution in [-0.4, -0.2) is 51.3 Å². The highest BCUT2D eigenvalue weighted by molar-refractivity contribution is 6.18. The molecule has 0 aliphatic carbocycles. The van der Waals surface area contributed by atoms with Crippen molar-refractivity contribution in [2.75, 3.05) is 40.7 Å². The molecule has 3 heteroatoms. The fourth-order valence-electron chi connectivity index (χ4n) is 0.157. The summed E-state index contributed by atoms with van der Waals surface area (Å²) in [6.45, 7) is 0.878. The summed E-state index contributed by atoms with van der Waals surface area (Å²) in [5, 5.41) is 0. The van der Waals surface area contributed by atoms with Gasteiger partial charge < -0.3 is 9.22 Å². The van der Waals surface area contributed by atoms with Crippen LogP contribution < -0.4 is 0 Å². The number of quaternary nitrogens is 1. The molecule has 0 amide bonds. The molecule has 1 unspecified atom stereocenters. The molecule has 1 atom stereocenters. The topological polar surface area (TPSA) is 12.5 Å². The fourth-order valence-corrected chi connectivity index (χ4v) is 0.335. The Morgan fingerprint density at radius 3 is 1.70 bits per heavy atom. The van der Waals surface area contributed by atoms with Gasteiger partial charge in [-0.1, -0.05) is 0 Å². The predicted molar refractivity (Wildman–Crippen MR) is 44.4 cm³/mol. The first-order valence-electron chi connectivity index (χ1n) is 3.40. The predicted octanol–water partition coefficient (Wildman–Crippen LogP) is 0.946. The number of ether oxygens (including phenoxy) is 1. The lowest BCUT2D eigenvalue weighted by Crippen LogP contribution is -2.27. The Bertz CT molecular complexity index is 80.1. The van der Waals surface area contributed by atoms with E-state index in [2.05, 4.69) is 28.2 Å². The molecular weight excluding hydrogens is 150 g/mol. The minimum absolute atomic E-state index is 0.400. The first-order valence-corrected chi connectivity index (χ1v) is 3.93. The van der Waals surface area contributed by atoms with Gasteiger partial charge in [0, 0.05) is 0 Å². The molecule has 0 aromatic rings. The van der Waals surface area contributed by atoms with E-state index in [0.29, 0.717) is 12.0 Å². The molecule has 1 aliphatic heterocycles. The minimum atomic E-state index is 0.400. The van der Waals surface area contributed by atoms with Gasteiger partial charge in [0.2, 0.25) is 0 Å². The number of hydrogen-bond acceptors (Lipinski definition) is 1. The van der Waals surface area contributed by atoms with E-state index in [-0.39, 0.29) is 0 Å². The lowest BCUT2D eigenvalue weighted by Gasteiger charge is -2.14. The quantitative estimate of drug-likeness (QED) is 0.321. The van der Waals surface area contributed by atoms with Crippen LogP contribution in [0.2, 0.25) is 0 Å². The molecule has 1 fully saturated rings. The van der Waals surface area contributed by atoms with Crippen LogP contribution >= 0.6 is 11.6 Å². The summed E-state index contributed by atoms with van der Waals surface area (Å²) < 4.78 is 5.73. The second-order valence-electron chi connectivity index (χ2n) is 3.79. The van der Waals surface area contributed by atoms with E-state index in [9.17, 15) is 0 Å². The molecule has 1 saturated heterocycles. The summed E-state index contributed by atoms with van der Waals surface area (Å²) >= 11 is 5.27. The van der Waals surface area contributed by atoms with Gasteiger partial charge in [0.25, 0.3) is 0 Å². The van der Waals surface area contributed by atoms with Gasteiger partial charge in [-0.25, -0.2) is 0 Å². The maximum absolute atomic E-state index is 5.27. The first kappa shape index (κ1) is 10.2. The smallest absolute Gasteiger partial charge is 0.0944 e. The summed E-state index contributed by atoms with van der Waals surface area (Å²) in [6.07, 6.45) is 0.400. The van der Waals surface area contributed by atoms with Crippen LogP contribution in [0.1, 0.15) is 0 Å². The molecule has 0 spiro atoms. The molecule has 0 aromatic carbocycles. The third kappa shape index (κ3) is 15.7. The number of hydrogen-bond donors (Lipinski definition) is 0. The van der Waals surface area contributed by atoms with Gasteiger partial charge in [-0.05, 0) is 0 Å². The Morgan fingerprint density at radius 1 is 1.40 bits per heavy atom. The first-order chi connectivity index (χ1) is 4.43. The summed E-state index contributed by atoms with van der Waals surface area (Å²) in [6, 6.07) is 0. The number of rotatable bonds is 1. The van der Waals surface area contributed by atoms with Crippen molar-refractivity contribution in [3.05, 3.63) is 0 Å². The van der Waals surface area contributed by atoms with E-state index in [1.807, 2.05) is 0 Å². The van der Waals surface area contributed by atoms with Crippen LogP contribution in [0.4, 0.5) is 0 Å². The minimum Gasteiger partial charge on any atom is -0.372 e. The summed E-state index contributed by atoms with van der Waals surface area (Å²) in [5.74, 6) is 0.667. The van der Waals surface area contributed by atoms with Crippen molar-refractivity contribution in [2.24, 2.45) is 0 Å². The van der Waals surface area contributed by atoms with Gasteiger partial charge in [0.05, 0.1) is 46.8 Å². The van der Waals surface area contributed by atoms with Crippen molar-refractivity contribution in [3.63, 3.8) is 0 Å². The Labute approximate surface area is 68.3 Å². The summed E-state index contributed by atoms with van der Waals surface area (Å²) in [5.41, 5.74) is 0. The van der Waals surface area contributed by atoms with Crippen LogP contribution in [-0.2, 0) is 4.74 Å². The van der Waals surface area contributed by atoms with Crippen molar-refractivity contribution >= 4 is 11.6 Å². The Kier molecular flexibility index (Phi) is 4.25. The van der Waals surface area contributed by atoms with Crippen LogP contribution in [0.25, 0.3) is 0 Å². The van der Waals surface area contributed by atoms with Gasteiger partial charge >= 0.3 is 0 Å². The van der Waals surface area contributed by atoms with Gasteiger partial charge in [-0.15, -0.1) is 11.6 Å². The van der Waals surface area contributed by atoms with E-state index >= 15 is 0 Å². The zero-order valence-corrected chi connectivity index (χ0v) is 7.98. The number of epoxide rings is 1. The molecule has 10 heavy (non-hydrogen) atoms. The zero-order chi connectivity index (χ0) is 8.20. The normalized spacial score (nSPS) is 23.1. The van der Waals surface area contributed by atoms with Crippen LogP contribution in [0.3, 0.4) is 0 Å². The zero-order valence-electron chi connectivity index (χ0n) is 7.22. The van der Waals surface area contributed by atoms with Crippen molar-refractivity contribution in [1.29, 1.82) is 0 Å². The van der Waals surface area contributed by atoms with E-state index in [4.69, 9.17) is 16.3 Å². The van der Waals surface area contributed by atoms with Crippen LogP contribution in [0.5, 0.6) is 0 Å². The van der Waals surface area contributed by atoms with E-state index in [1.165, 1.54) is 0 Å². The van der Waals surface area contributed by atoms with Gasteiger partial charge in [0.1, 0.15) is 0 Å². The maximum Gasteiger partial charge on any atom is 0.0944 e. The summed E-state index contributed by atoms with van der Waals surface area (Å²) in [4.78, 5) is 0. The lowest BCUT2D eigenvalue weighted by atomic mass is 10.6. The number of halogens is 1. The Balaban J connectivity index is 0.000000162. The van der Waals surface area contributed by atoms with Gasteiger partial charge in [-0.3, -0.25) is 0 Å². The Hall–Kier alpha value is 0.210. The second-order valence-corrected chi connectivity index (χ2v) is 4.10. The molecule has 0 radical (unpaired) electrons. The van der Waals surface area contributed by atoms with E-state index < -0.39 is 0 Å². The molecule has 1 rings (SSSR count). The number of nitrogens with zero attached hydrogens (tertiary/aromatic N) is 1. The van der Waals surface area contributed by atoms with Gasteiger partial charge in [0.15, 0.2) is 0 Å². The van der Waals surface area contributed by atoms with E-state index in [1.54, 1.807) is 0 Å². The molecule has 1 heterocycles. The van der Waals surface area contributed by atoms with E-state index in [0.717, 1.165) is 11.1 Å². The molecule has 2 nitrogen and oxygen atoms in total. The van der Waals surface area contributed by atoms with Gasteiger partial charge in [-0.2, -0.15) is 0 Å². The molecule has 0 aromatic heterocycles. The highest BCUT2D eigenvalue weighted by atomic mass is 35.5. The SMILES string of the molecule is C[N+](C)(C)C.ClCC1CO1. The molecular formula is C7H17ClNO+. The maximum atomic E-state index is 5.27. The summed E-state index contributed by atoms with van der Waals surface area (Å²) in [7, 11) is 8.50. The van der Waals surface area contributed by atoms with Crippen LogP contribution in [0.15, 0.2) is 0 Å². The lowest BCUT2D eigenvalue weighted by molar-refractivity contribution is -0.849. The third-order valence-electron chi connectivity index (χ3n) is 0.574. The van der Waals surface area contributed by atoms with Crippen molar-refractivity contribution in [3.8, 4) is 0 Å². The third-order valence-corrected chi connectivity index (χ3v) is 0.919. The van der Waals surface area contributed by atoms with Crippen molar-refractivity contribution in [1.82, 2.24) is 0 Å². The molecule has 0 saturated carbocycles. The average Bonchev–Trinajstić information content (AvgIpc) is 2.39. The van der Waals surface area contributed by atoms with Crippen molar-refractivity contribution < 1.29 is 9.22 Å². The highest BCUT2D eigenvalue weighted by Crippen LogP contribution is 2.08. The second kappa shape index (κ2) is 4.16. The largest absolute Gasteiger partial charge is 0.372 e. The fraction of sp³-hybridized carbons (Fsp3) is 1.00. The standard InChI is InChI=1S/C4H12N.C3H5ClO/c1-5(2,3)4;4-1-3-2-5-3/h1-4H3;3H,1-2H2/q+1;. The molecule has 0 bridgehead atoms. The molecule has 0 N–H and O–H groups in total.